The highest BCUT2D eigenvalue weighted by molar-refractivity contribution is 5.88. The number of likely N-dealkylation sites (N-methyl/N-ethyl adjacent to an activating group) is 1. The van der Waals surface area contributed by atoms with Crippen molar-refractivity contribution in [1.29, 1.82) is 0 Å². The van der Waals surface area contributed by atoms with Crippen molar-refractivity contribution in [3.05, 3.63) is 0 Å². The van der Waals surface area contributed by atoms with Crippen LogP contribution in [0.4, 0.5) is 0 Å². The normalized spacial score (nSPS) is 11.9. The SMILES string of the molecule is CCN[C@@H](CC(=O)NCC(=O)CC)C(=O)O. The van der Waals surface area contributed by atoms with E-state index in [0.29, 0.717) is 13.0 Å². The fourth-order valence-electron chi connectivity index (χ4n) is 1.07. The van der Waals surface area contributed by atoms with Gasteiger partial charge in [-0.05, 0) is 6.54 Å². The van der Waals surface area contributed by atoms with Crippen LogP contribution in [0.25, 0.3) is 0 Å². The molecule has 0 radical (unpaired) electrons. The summed E-state index contributed by atoms with van der Waals surface area (Å²) in [5, 5.41) is 13.8. The summed E-state index contributed by atoms with van der Waals surface area (Å²) >= 11 is 0. The van der Waals surface area contributed by atoms with Crippen molar-refractivity contribution in [2.45, 2.75) is 32.7 Å². The number of carbonyl (C=O) groups is 3. The van der Waals surface area contributed by atoms with Gasteiger partial charge in [-0.15, -0.1) is 0 Å². The van der Waals surface area contributed by atoms with Gasteiger partial charge in [0, 0.05) is 6.42 Å². The molecule has 0 fully saturated rings. The highest BCUT2D eigenvalue weighted by Gasteiger charge is 2.19. The summed E-state index contributed by atoms with van der Waals surface area (Å²) in [5.41, 5.74) is 0. The van der Waals surface area contributed by atoms with E-state index in [9.17, 15) is 14.4 Å². The van der Waals surface area contributed by atoms with Crippen LogP contribution in [-0.4, -0.2) is 41.9 Å². The molecule has 16 heavy (non-hydrogen) atoms. The second-order valence-corrected chi connectivity index (χ2v) is 3.32. The molecule has 0 bridgehead atoms. The molecule has 0 aliphatic heterocycles. The maximum absolute atomic E-state index is 11.3. The van der Waals surface area contributed by atoms with E-state index in [1.807, 2.05) is 0 Å². The van der Waals surface area contributed by atoms with Crippen molar-refractivity contribution >= 4 is 17.7 Å². The zero-order chi connectivity index (χ0) is 12.6. The Hall–Kier alpha value is -1.43. The summed E-state index contributed by atoms with van der Waals surface area (Å²) in [4.78, 5) is 32.9. The largest absolute Gasteiger partial charge is 0.480 e. The molecule has 0 heterocycles. The number of carbonyl (C=O) groups excluding carboxylic acids is 2. The number of carboxylic acid groups (broad SMARTS) is 1. The Bertz CT molecular complexity index is 266. The lowest BCUT2D eigenvalue weighted by atomic mass is 10.2. The molecule has 1 amide bonds. The van der Waals surface area contributed by atoms with Gasteiger partial charge in [-0.2, -0.15) is 0 Å². The number of nitrogens with one attached hydrogen (secondary N) is 2. The summed E-state index contributed by atoms with van der Waals surface area (Å²) in [7, 11) is 0. The quantitative estimate of drug-likeness (QED) is 0.524. The first-order chi connectivity index (χ1) is 7.51. The number of hydrogen-bond acceptors (Lipinski definition) is 4. The molecular formula is C10H18N2O4. The number of ketones is 1. The van der Waals surface area contributed by atoms with E-state index in [1.165, 1.54) is 0 Å². The van der Waals surface area contributed by atoms with Crippen molar-refractivity contribution in [2.75, 3.05) is 13.1 Å². The van der Waals surface area contributed by atoms with Crippen molar-refractivity contribution < 1.29 is 19.5 Å². The van der Waals surface area contributed by atoms with Crippen molar-refractivity contribution in [3.8, 4) is 0 Å². The van der Waals surface area contributed by atoms with E-state index in [2.05, 4.69) is 10.6 Å². The fraction of sp³-hybridized carbons (Fsp3) is 0.700. The first kappa shape index (κ1) is 14.6. The molecule has 0 aromatic carbocycles. The minimum atomic E-state index is -1.07. The van der Waals surface area contributed by atoms with E-state index in [1.54, 1.807) is 13.8 Å². The van der Waals surface area contributed by atoms with Gasteiger partial charge in [-0.25, -0.2) is 0 Å². The van der Waals surface area contributed by atoms with E-state index < -0.39 is 17.9 Å². The van der Waals surface area contributed by atoms with Gasteiger partial charge in [-0.1, -0.05) is 13.8 Å². The summed E-state index contributed by atoms with van der Waals surface area (Å²) in [6, 6.07) is -0.901. The number of carboxylic acids is 1. The van der Waals surface area contributed by atoms with Crippen molar-refractivity contribution in [1.82, 2.24) is 10.6 Å². The van der Waals surface area contributed by atoms with Crippen LogP contribution in [0.5, 0.6) is 0 Å². The molecule has 0 spiro atoms. The van der Waals surface area contributed by atoms with E-state index >= 15 is 0 Å². The van der Waals surface area contributed by atoms with E-state index in [4.69, 9.17) is 5.11 Å². The average Bonchev–Trinajstić information content (AvgIpc) is 2.25. The number of aliphatic carboxylic acids is 1. The highest BCUT2D eigenvalue weighted by atomic mass is 16.4. The molecule has 6 heteroatoms. The monoisotopic (exact) mass is 230 g/mol. The third kappa shape index (κ3) is 6.13. The molecule has 0 aliphatic carbocycles. The smallest absolute Gasteiger partial charge is 0.321 e. The standard InChI is InChI=1S/C10H18N2O4/c1-3-7(13)6-12-9(14)5-8(10(15)16)11-4-2/h8,11H,3-6H2,1-2H3,(H,12,14)(H,15,16)/t8-/m0/s1. The zero-order valence-electron chi connectivity index (χ0n) is 9.58. The topological polar surface area (TPSA) is 95.5 Å². The number of amides is 1. The average molecular weight is 230 g/mol. The van der Waals surface area contributed by atoms with Crippen LogP contribution in [0.1, 0.15) is 26.7 Å². The van der Waals surface area contributed by atoms with Crippen LogP contribution in [0.15, 0.2) is 0 Å². The van der Waals surface area contributed by atoms with Gasteiger partial charge in [0.15, 0.2) is 5.78 Å². The second kappa shape index (κ2) is 7.81. The summed E-state index contributed by atoms with van der Waals surface area (Å²) in [5.74, 6) is -1.59. The van der Waals surface area contributed by atoms with Gasteiger partial charge in [0.25, 0.3) is 0 Å². The van der Waals surface area contributed by atoms with Crippen molar-refractivity contribution in [3.63, 3.8) is 0 Å². The summed E-state index contributed by atoms with van der Waals surface area (Å²) in [6.07, 6.45) is 0.190. The van der Waals surface area contributed by atoms with E-state index in [-0.39, 0.29) is 18.7 Å². The molecule has 92 valence electrons. The van der Waals surface area contributed by atoms with Crippen LogP contribution < -0.4 is 10.6 Å². The number of hydrogen-bond donors (Lipinski definition) is 3. The predicted octanol–water partition coefficient (Wildman–Crippen LogP) is -0.465. The van der Waals surface area contributed by atoms with Gasteiger partial charge in [0.05, 0.1) is 13.0 Å². The lowest BCUT2D eigenvalue weighted by molar-refractivity contribution is -0.141. The minimum Gasteiger partial charge on any atom is -0.480 e. The van der Waals surface area contributed by atoms with Crippen LogP contribution in [-0.2, 0) is 14.4 Å². The van der Waals surface area contributed by atoms with Gasteiger partial charge in [-0.3, -0.25) is 14.4 Å². The predicted molar refractivity (Wildman–Crippen MR) is 58.0 cm³/mol. The van der Waals surface area contributed by atoms with Crippen LogP contribution >= 0.6 is 0 Å². The first-order valence-corrected chi connectivity index (χ1v) is 5.25. The minimum absolute atomic E-state index is 0.0339. The van der Waals surface area contributed by atoms with Gasteiger partial charge < -0.3 is 15.7 Å². The fourth-order valence-corrected chi connectivity index (χ4v) is 1.07. The Balaban J connectivity index is 4.00. The molecule has 0 aromatic heterocycles. The Morgan fingerprint density at radius 1 is 1.25 bits per heavy atom. The second-order valence-electron chi connectivity index (χ2n) is 3.32. The highest BCUT2D eigenvalue weighted by Crippen LogP contribution is 1.92. The first-order valence-electron chi connectivity index (χ1n) is 5.25. The molecule has 0 aromatic rings. The van der Waals surface area contributed by atoms with Crippen molar-refractivity contribution in [2.24, 2.45) is 0 Å². The third-order valence-corrected chi connectivity index (χ3v) is 2.02. The Morgan fingerprint density at radius 2 is 1.88 bits per heavy atom. The molecule has 0 rings (SSSR count). The van der Waals surface area contributed by atoms with Gasteiger partial charge >= 0.3 is 5.97 Å². The molecule has 0 saturated heterocycles. The Kier molecular flexibility index (Phi) is 7.11. The maximum atomic E-state index is 11.3. The molecule has 0 unspecified atom stereocenters. The molecule has 6 nitrogen and oxygen atoms in total. The number of rotatable bonds is 8. The summed E-state index contributed by atoms with van der Waals surface area (Å²) in [6.45, 7) is 3.90. The van der Waals surface area contributed by atoms with Gasteiger partial charge in [0.2, 0.25) is 5.91 Å². The maximum Gasteiger partial charge on any atom is 0.321 e. The number of Topliss-reactive ketones (excluding diaryl/α,β-unsaturated/α-hetero) is 1. The Morgan fingerprint density at radius 3 is 2.31 bits per heavy atom. The zero-order valence-corrected chi connectivity index (χ0v) is 9.58. The van der Waals surface area contributed by atoms with E-state index in [0.717, 1.165) is 0 Å². The molecule has 0 saturated carbocycles. The molecular weight excluding hydrogens is 212 g/mol. The lowest BCUT2D eigenvalue weighted by Gasteiger charge is -2.12. The lowest BCUT2D eigenvalue weighted by Crippen LogP contribution is -2.41. The third-order valence-electron chi connectivity index (χ3n) is 2.02. The van der Waals surface area contributed by atoms with Crippen LogP contribution in [0.3, 0.4) is 0 Å². The summed E-state index contributed by atoms with van der Waals surface area (Å²) < 4.78 is 0. The Labute approximate surface area is 94.4 Å². The van der Waals surface area contributed by atoms with Crippen LogP contribution in [0.2, 0.25) is 0 Å². The molecule has 3 N–H and O–H groups in total. The van der Waals surface area contributed by atoms with Gasteiger partial charge in [0.1, 0.15) is 6.04 Å². The van der Waals surface area contributed by atoms with Crippen LogP contribution in [0, 0.1) is 0 Å². The molecule has 0 aliphatic rings. The molecule has 1 atom stereocenters.